The Morgan fingerprint density at radius 1 is 1.26 bits per heavy atom. The molecule has 3 aliphatic rings. The first kappa shape index (κ1) is 17.0. The van der Waals surface area contributed by atoms with Gasteiger partial charge in [-0.1, -0.05) is 6.42 Å². The van der Waals surface area contributed by atoms with Crippen LogP contribution >= 0.6 is 0 Å². The van der Waals surface area contributed by atoms with Crippen LogP contribution in [0.5, 0.6) is 0 Å². The number of H-pyrrole nitrogens is 1. The van der Waals surface area contributed by atoms with E-state index in [1.807, 2.05) is 4.90 Å². The zero-order valence-corrected chi connectivity index (χ0v) is 15.8. The number of rotatable bonds is 4. The monoisotopic (exact) mass is 368 g/mol. The molecular weight excluding hydrogens is 340 g/mol. The van der Waals surface area contributed by atoms with Gasteiger partial charge in [0, 0.05) is 62.6 Å². The molecule has 4 heterocycles. The fourth-order valence-electron chi connectivity index (χ4n) is 4.49. The van der Waals surface area contributed by atoms with Gasteiger partial charge in [-0.15, -0.1) is 0 Å². The Bertz CT molecular complexity index is 810. The number of aromatic nitrogens is 4. The molecule has 2 N–H and O–H groups in total. The molecule has 0 atom stereocenters. The van der Waals surface area contributed by atoms with Gasteiger partial charge in [0.1, 0.15) is 0 Å². The number of aromatic amines is 1. The van der Waals surface area contributed by atoms with Crippen LogP contribution in [-0.4, -0.2) is 43.9 Å². The van der Waals surface area contributed by atoms with Crippen molar-refractivity contribution in [3.63, 3.8) is 0 Å². The molecule has 1 aliphatic carbocycles. The fraction of sp³-hybridized carbons (Fsp3) is 0.650. The van der Waals surface area contributed by atoms with Crippen molar-refractivity contribution in [3.05, 3.63) is 34.4 Å². The van der Waals surface area contributed by atoms with Crippen LogP contribution in [-0.2, 0) is 37.3 Å². The summed E-state index contributed by atoms with van der Waals surface area (Å²) in [7, 11) is 0. The van der Waals surface area contributed by atoms with Crippen molar-refractivity contribution in [2.24, 2.45) is 0 Å². The number of hydrogen-bond acceptors (Lipinski definition) is 4. The zero-order valence-electron chi connectivity index (χ0n) is 15.8. The van der Waals surface area contributed by atoms with Crippen LogP contribution in [0.1, 0.15) is 66.4 Å². The first-order chi connectivity index (χ1) is 13.3. The summed E-state index contributed by atoms with van der Waals surface area (Å²) >= 11 is 0. The predicted octanol–water partition coefficient (Wildman–Crippen LogP) is 1.88. The minimum Gasteiger partial charge on any atom is -0.338 e. The summed E-state index contributed by atoms with van der Waals surface area (Å²) in [5, 5.41) is 15.9. The van der Waals surface area contributed by atoms with Crippen molar-refractivity contribution in [2.75, 3.05) is 13.1 Å². The quantitative estimate of drug-likeness (QED) is 0.864. The topological polar surface area (TPSA) is 78.8 Å². The molecule has 27 heavy (non-hydrogen) atoms. The number of nitrogens with one attached hydrogen (secondary N) is 2. The van der Waals surface area contributed by atoms with Crippen molar-refractivity contribution in [1.29, 1.82) is 0 Å². The van der Waals surface area contributed by atoms with Crippen LogP contribution in [0, 0.1) is 0 Å². The predicted molar refractivity (Wildman–Crippen MR) is 101 cm³/mol. The van der Waals surface area contributed by atoms with E-state index in [0.717, 1.165) is 57.7 Å². The van der Waals surface area contributed by atoms with E-state index >= 15 is 0 Å². The molecule has 0 unspecified atom stereocenters. The summed E-state index contributed by atoms with van der Waals surface area (Å²) in [4.78, 5) is 14.8. The number of aryl methyl sites for hydroxylation is 2. The van der Waals surface area contributed by atoms with E-state index < -0.39 is 0 Å². The van der Waals surface area contributed by atoms with E-state index in [0.29, 0.717) is 12.3 Å². The van der Waals surface area contributed by atoms with Crippen LogP contribution < -0.4 is 5.32 Å². The van der Waals surface area contributed by atoms with Gasteiger partial charge in [0.2, 0.25) is 5.91 Å². The van der Waals surface area contributed by atoms with Gasteiger partial charge >= 0.3 is 0 Å². The standard InChI is InChI=1S/C20H28N6O/c27-19(6-5-15-11-16-12-21-8-2-9-26(16)24-15)25-10-7-18-17(13-25)20(23-22-18)14-3-1-4-14/h11,14,21H,1-10,12-13H2,(H,22,23). The summed E-state index contributed by atoms with van der Waals surface area (Å²) in [5.74, 6) is 0.845. The summed E-state index contributed by atoms with van der Waals surface area (Å²) in [6.45, 7) is 4.41. The van der Waals surface area contributed by atoms with E-state index in [1.54, 1.807) is 0 Å². The van der Waals surface area contributed by atoms with Gasteiger partial charge in [-0.25, -0.2) is 0 Å². The Labute approximate surface area is 159 Å². The first-order valence-corrected chi connectivity index (χ1v) is 10.4. The average Bonchev–Trinajstić information content (AvgIpc) is 3.16. The summed E-state index contributed by atoms with van der Waals surface area (Å²) in [5.41, 5.74) is 6.03. The average molecular weight is 368 g/mol. The number of fused-ring (bicyclic) bond motifs is 2. The number of nitrogens with zero attached hydrogens (tertiary/aromatic N) is 4. The minimum atomic E-state index is 0.239. The lowest BCUT2D eigenvalue weighted by atomic mass is 9.81. The third kappa shape index (κ3) is 3.29. The van der Waals surface area contributed by atoms with Crippen molar-refractivity contribution >= 4 is 5.91 Å². The molecule has 0 spiro atoms. The van der Waals surface area contributed by atoms with Crippen molar-refractivity contribution in [2.45, 2.75) is 70.5 Å². The second kappa shape index (κ2) is 7.11. The smallest absolute Gasteiger partial charge is 0.223 e. The molecule has 2 aliphatic heterocycles. The molecule has 5 rings (SSSR count). The van der Waals surface area contributed by atoms with Crippen LogP contribution in [0.25, 0.3) is 0 Å². The molecular formula is C20H28N6O. The van der Waals surface area contributed by atoms with Crippen molar-refractivity contribution < 1.29 is 4.79 Å². The Morgan fingerprint density at radius 2 is 2.19 bits per heavy atom. The van der Waals surface area contributed by atoms with E-state index in [9.17, 15) is 4.79 Å². The van der Waals surface area contributed by atoms with Gasteiger partial charge in [-0.05, 0) is 31.9 Å². The third-order valence-corrected chi connectivity index (χ3v) is 6.35. The van der Waals surface area contributed by atoms with Crippen LogP contribution in [0.15, 0.2) is 6.07 Å². The second-order valence-electron chi connectivity index (χ2n) is 8.14. The SMILES string of the molecule is O=C(CCc1cc2n(n1)CCCNC2)N1CCc2[nH]nc(C3CCC3)c2C1. The summed E-state index contributed by atoms with van der Waals surface area (Å²) in [6.07, 6.45) is 7.05. The first-order valence-electron chi connectivity index (χ1n) is 10.4. The molecule has 0 saturated heterocycles. The molecule has 0 aromatic carbocycles. The van der Waals surface area contributed by atoms with Gasteiger partial charge in [-0.3, -0.25) is 14.6 Å². The minimum absolute atomic E-state index is 0.239. The van der Waals surface area contributed by atoms with Gasteiger partial charge in [-0.2, -0.15) is 10.2 Å². The molecule has 0 bridgehead atoms. The number of hydrogen-bond donors (Lipinski definition) is 2. The lowest BCUT2D eigenvalue weighted by Gasteiger charge is -2.30. The van der Waals surface area contributed by atoms with Crippen LogP contribution in [0.2, 0.25) is 0 Å². The Balaban J connectivity index is 1.21. The van der Waals surface area contributed by atoms with Crippen LogP contribution in [0.4, 0.5) is 0 Å². The molecule has 7 nitrogen and oxygen atoms in total. The third-order valence-electron chi connectivity index (χ3n) is 6.35. The molecule has 1 fully saturated rings. The summed E-state index contributed by atoms with van der Waals surface area (Å²) in [6, 6.07) is 2.16. The van der Waals surface area contributed by atoms with Gasteiger partial charge < -0.3 is 10.2 Å². The highest BCUT2D eigenvalue weighted by Gasteiger charge is 2.30. The van der Waals surface area contributed by atoms with Crippen LogP contribution in [0.3, 0.4) is 0 Å². The molecule has 2 aromatic heterocycles. The zero-order chi connectivity index (χ0) is 18.2. The maximum atomic E-state index is 12.8. The largest absolute Gasteiger partial charge is 0.338 e. The maximum absolute atomic E-state index is 12.8. The number of carbonyl (C=O) groups is 1. The molecule has 7 heteroatoms. The number of amides is 1. The second-order valence-corrected chi connectivity index (χ2v) is 8.14. The van der Waals surface area contributed by atoms with Gasteiger partial charge in [0.05, 0.1) is 17.1 Å². The van der Waals surface area contributed by atoms with E-state index in [-0.39, 0.29) is 5.91 Å². The Morgan fingerprint density at radius 3 is 3.04 bits per heavy atom. The lowest BCUT2D eigenvalue weighted by molar-refractivity contribution is -0.132. The molecule has 144 valence electrons. The lowest BCUT2D eigenvalue weighted by Crippen LogP contribution is -2.36. The van der Waals surface area contributed by atoms with E-state index in [1.165, 1.54) is 41.9 Å². The summed E-state index contributed by atoms with van der Waals surface area (Å²) < 4.78 is 2.10. The normalized spacial score (nSPS) is 19.9. The maximum Gasteiger partial charge on any atom is 0.223 e. The molecule has 0 radical (unpaired) electrons. The van der Waals surface area contributed by atoms with Gasteiger partial charge in [0.25, 0.3) is 0 Å². The highest BCUT2D eigenvalue weighted by atomic mass is 16.2. The highest BCUT2D eigenvalue weighted by Crippen LogP contribution is 2.38. The molecule has 1 amide bonds. The number of carbonyl (C=O) groups excluding carboxylic acids is 1. The Hall–Kier alpha value is -2.15. The van der Waals surface area contributed by atoms with Crippen molar-refractivity contribution in [1.82, 2.24) is 30.2 Å². The highest BCUT2D eigenvalue weighted by molar-refractivity contribution is 5.76. The van der Waals surface area contributed by atoms with E-state index in [4.69, 9.17) is 5.10 Å². The van der Waals surface area contributed by atoms with Gasteiger partial charge in [0.15, 0.2) is 0 Å². The molecule has 2 aromatic rings. The fourth-order valence-corrected chi connectivity index (χ4v) is 4.49. The van der Waals surface area contributed by atoms with Crippen molar-refractivity contribution in [3.8, 4) is 0 Å². The Kier molecular flexibility index (Phi) is 4.47. The van der Waals surface area contributed by atoms with E-state index in [2.05, 4.69) is 26.3 Å². The molecule has 1 saturated carbocycles.